The Labute approximate surface area is 163 Å². The van der Waals surface area contributed by atoms with Crippen LogP contribution in [0.15, 0.2) is 53.6 Å². The topological polar surface area (TPSA) is 70.6 Å². The molecule has 140 valence electrons. The lowest BCUT2D eigenvalue weighted by Gasteiger charge is -2.20. The van der Waals surface area contributed by atoms with E-state index in [2.05, 4.69) is 15.8 Å². The number of carbonyl (C=O) groups is 2. The first-order valence-electron chi connectivity index (χ1n) is 9.12. The molecular weight excluding hydrogens is 362 g/mol. The molecule has 0 atom stereocenters. The maximum Gasteiger partial charge on any atom is 0.271 e. The summed E-state index contributed by atoms with van der Waals surface area (Å²) in [6, 6.07) is 14.0. The third-order valence-corrected chi connectivity index (χ3v) is 4.85. The average Bonchev–Trinajstić information content (AvgIpc) is 2.69. The molecule has 2 amide bonds. The van der Waals surface area contributed by atoms with E-state index in [1.54, 1.807) is 36.4 Å². The molecule has 1 aliphatic rings. The molecule has 0 aliphatic heterocycles. The van der Waals surface area contributed by atoms with Gasteiger partial charge in [0.2, 0.25) is 5.91 Å². The second-order valence-electron chi connectivity index (χ2n) is 6.66. The van der Waals surface area contributed by atoms with Gasteiger partial charge in [-0.15, -0.1) is 0 Å². The first kappa shape index (κ1) is 19.1. The Bertz CT molecular complexity index is 828. The molecular formula is C21H22ClN3O2. The Kier molecular flexibility index (Phi) is 6.60. The van der Waals surface area contributed by atoms with Crippen molar-refractivity contribution in [1.29, 1.82) is 0 Å². The standard InChI is InChI=1S/C21H22ClN3O2/c22-18-8-4-5-15(13-18)14-23-25-21(27)17-9-11-19(12-10-17)24-20(26)16-6-2-1-3-7-16/h4-5,8-14,16H,1-3,6-7H2,(H,24,26)(H,25,27)/b23-14+. The predicted molar refractivity (Wildman–Crippen MR) is 108 cm³/mol. The Balaban J connectivity index is 1.53. The molecule has 2 aromatic carbocycles. The Morgan fingerprint density at radius 2 is 1.78 bits per heavy atom. The van der Waals surface area contributed by atoms with Crippen molar-refractivity contribution in [3.05, 3.63) is 64.7 Å². The van der Waals surface area contributed by atoms with E-state index in [-0.39, 0.29) is 17.7 Å². The molecule has 27 heavy (non-hydrogen) atoms. The summed E-state index contributed by atoms with van der Waals surface area (Å²) in [4.78, 5) is 24.4. The number of hydrogen-bond donors (Lipinski definition) is 2. The van der Waals surface area contributed by atoms with Crippen molar-refractivity contribution in [2.24, 2.45) is 11.0 Å². The monoisotopic (exact) mass is 383 g/mol. The zero-order valence-electron chi connectivity index (χ0n) is 15.0. The van der Waals surface area contributed by atoms with Crippen LogP contribution in [0.5, 0.6) is 0 Å². The number of hydrazone groups is 1. The highest BCUT2D eigenvalue weighted by Crippen LogP contribution is 2.25. The molecule has 0 heterocycles. The Morgan fingerprint density at radius 1 is 1.04 bits per heavy atom. The predicted octanol–water partition coefficient (Wildman–Crippen LogP) is 4.62. The largest absolute Gasteiger partial charge is 0.326 e. The van der Waals surface area contributed by atoms with Crippen molar-refractivity contribution in [2.45, 2.75) is 32.1 Å². The summed E-state index contributed by atoms with van der Waals surface area (Å²) in [6.07, 6.45) is 6.89. The number of rotatable bonds is 5. The van der Waals surface area contributed by atoms with Gasteiger partial charge in [0.15, 0.2) is 0 Å². The van der Waals surface area contributed by atoms with Gasteiger partial charge in [0, 0.05) is 22.2 Å². The summed E-state index contributed by atoms with van der Waals surface area (Å²) in [5.74, 6) is -0.154. The van der Waals surface area contributed by atoms with Crippen molar-refractivity contribution in [2.75, 3.05) is 5.32 Å². The van der Waals surface area contributed by atoms with E-state index in [9.17, 15) is 9.59 Å². The van der Waals surface area contributed by atoms with Crippen LogP contribution in [0.2, 0.25) is 5.02 Å². The number of hydrogen-bond acceptors (Lipinski definition) is 3. The summed E-state index contributed by atoms with van der Waals surface area (Å²) in [5, 5.41) is 7.48. The quantitative estimate of drug-likeness (QED) is 0.584. The number of anilines is 1. The smallest absolute Gasteiger partial charge is 0.271 e. The maximum atomic E-state index is 12.3. The van der Waals surface area contributed by atoms with Gasteiger partial charge in [-0.3, -0.25) is 9.59 Å². The number of benzene rings is 2. The van der Waals surface area contributed by atoms with Crippen LogP contribution in [-0.4, -0.2) is 18.0 Å². The highest BCUT2D eigenvalue weighted by molar-refractivity contribution is 6.30. The summed E-state index contributed by atoms with van der Waals surface area (Å²) in [6.45, 7) is 0. The van der Waals surface area contributed by atoms with Crippen molar-refractivity contribution in [1.82, 2.24) is 5.43 Å². The van der Waals surface area contributed by atoms with Crippen LogP contribution in [0.25, 0.3) is 0 Å². The third-order valence-electron chi connectivity index (χ3n) is 4.62. The van der Waals surface area contributed by atoms with E-state index in [1.165, 1.54) is 12.6 Å². The van der Waals surface area contributed by atoms with Crippen LogP contribution >= 0.6 is 11.6 Å². The number of amides is 2. The summed E-state index contributed by atoms with van der Waals surface area (Å²) < 4.78 is 0. The van der Waals surface area contributed by atoms with Crippen LogP contribution in [0.4, 0.5) is 5.69 Å². The molecule has 0 saturated heterocycles. The lowest BCUT2D eigenvalue weighted by atomic mass is 9.88. The van der Waals surface area contributed by atoms with Crippen LogP contribution < -0.4 is 10.7 Å². The molecule has 0 unspecified atom stereocenters. The lowest BCUT2D eigenvalue weighted by Crippen LogP contribution is -2.24. The maximum absolute atomic E-state index is 12.3. The minimum atomic E-state index is -0.321. The molecule has 2 N–H and O–H groups in total. The molecule has 1 aliphatic carbocycles. The molecule has 0 bridgehead atoms. The van der Waals surface area contributed by atoms with Crippen molar-refractivity contribution < 1.29 is 9.59 Å². The molecule has 3 rings (SSSR count). The fourth-order valence-corrected chi connectivity index (χ4v) is 3.33. The van der Waals surface area contributed by atoms with Gasteiger partial charge in [0.25, 0.3) is 5.91 Å². The van der Waals surface area contributed by atoms with Gasteiger partial charge >= 0.3 is 0 Å². The van der Waals surface area contributed by atoms with Gasteiger partial charge in [0.05, 0.1) is 6.21 Å². The van der Waals surface area contributed by atoms with E-state index >= 15 is 0 Å². The first-order chi connectivity index (χ1) is 13.1. The highest BCUT2D eigenvalue weighted by Gasteiger charge is 2.21. The van der Waals surface area contributed by atoms with Gasteiger partial charge in [-0.05, 0) is 54.8 Å². The number of nitrogens with zero attached hydrogens (tertiary/aromatic N) is 1. The fraction of sp³-hybridized carbons (Fsp3) is 0.286. The number of nitrogens with one attached hydrogen (secondary N) is 2. The number of carbonyl (C=O) groups excluding carboxylic acids is 2. The van der Waals surface area contributed by atoms with Gasteiger partial charge in [-0.2, -0.15) is 5.10 Å². The highest BCUT2D eigenvalue weighted by atomic mass is 35.5. The fourth-order valence-electron chi connectivity index (χ4n) is 3.13. The summed E-state index contributed by atoms with van der Waals surface area (Å²) in [7, 11) is 0. The van der Waals surface area contributed by atoms with E-state index in [1.807, 2.05) is 12.1 Å². The van der Waals surface area contributed by atoms with Gasteiger partial charge in [-0.25, -0.2) is 5.43 Å². The van der Waals surface area contributed by atoms with Crippen LogP contribution in [-0.2, 0) is 4.79 Å². The third kappa shape index (κ3) is 5.66. The van der Waals surface area contributed by atoms with E-state index in [0.29, 0.717) is 16.3 Å². The molecule has 6 heteroatoms. The minimum absolute atomic E-state index is 0.0676. The van der Waals surface area contributed by atoms with Crippen LogP contribution in [0.1, 0.15) is 48.0 Å². The number of halogens is 1. The normalized spacial score (nSPS) is 14.9. The SMILES string of the molecule is O=C(N/N=C/c1cccc(Cl)c1)c1ccc(NC(=O)C2CCCCC2)cc1. The molecule has 1 saturated carbocycles. The summed E-state index contributed by atoms with van der Waals surface area (Å²) >= 11 is 5.90. The van der Waals surface area contributed by atoms with Gasteiger partial charge in [0.1, 0.15) is 0 Å². The van der Waals surface area contributed by atoms with Crippen LogP contribution in [0.3, 0.4) is 0 Å². The van der Waals surface area contributed by atoms with Gasteiger partial charge in [-0.1, -0.05) is 43.0 Å². The van der Waals surface area contributed by atoms with E-state index in [4.69, 9.17) is 11.6 Å². The molecule has 0 radical (unpaired) electrons. The van der Waals surface area contributed by atoms with Crippen molar-refractivity contribution in [3.8, 4) is 0 Å². The van der Waals surface area contributed by atoms with Gasteiger partial charge < -0.3 is 5.32 Å². The van der Waals surface area contributed by atoms with Crippen LogP contribution in [0, 0.1) is 5.92 Å². The summed E-state index contributed by atoms with van der Waals surface area (Å²) in [5.41, 5.74) is 4.44. The van der Waals surface area contributed by atoms with Crippen molar-refractivity contribution >= 4 is 35.3 Å². The zero-order chi connectivity index (χ0) is 19.1. The van der Waals surface area contributed by atoms with E-state index < -0.39 is 0 Å². The molecule has 1 fully saturated rings. The molecule has 0 spiro atoms. The minimum Gasteiger partial charge on any atom is -0.326 e. The second kappa shape index (κ2) is 9.33. The van der Waals surface area contributed by atoms with Crippen molar-refractivity contribution in [3.63, 3.8) is 0 Å². The zero-order valence-corrected chi connectivity index (χ0v) is 15.7. The lowest BCUT2D eigenvalue weighted by molar-refractivity contribution is -0.120. The Hall–Kier alpha value is -2.66. The first-order valence-corrected chi connectivity index (χ1v) is 9.49. The second-order valence-corrected chi connectivity index (χ2v) is 7.09. The molecule has 5 nitrogen and oxygen atoms in total. The Morgan fingerprint density at radius 3 is 2.48 bits per heavy atom. The molecule has 2 aromatic rings. The average molecular weight is 384 g/mol. The van der Waals surface area contributed by atoms with E-state index in [0.717, 1.165) is 31.2 Å². The molecule has 0 aromatic heterocycles.